The Morgan fingerprint density at radius 2 is 2.20 bits per heavy atom. The van der Waals surface area contributed by atoms with Gasteiger partial charge in [-0.05, 0) is 24.5 Å². The number of aliphatic hydroxyl groups is 1. The maximum atomic E-state index is 11.6. The maximum absolute atomic E-state index is 11.6. The number of alkyl halides is 1. The molecule has 1 aliphatic carbocycles. The third kappa shape index (κ3) is 4.20. The first-order chi connectivity index (χ1) is 11.9. The van der Waals surface area contributed by atoms with E-state index in [1.54, 1.807) is 6.07 Å². The summed E-state index contributed by atoms with van der Waals surface area (Å²) in [5.41, 5.74) is -0.453. The second-order valence-corrected chi connectivity index (χ2v) is 9.64. The molecule has 0 radical (unpaired) electrons. The topological polar surface area (TPSA) is 77.2 Å². The third-order valence-electron chi connectivity index (χ3n) is 4.23. The molecule has 2 atom stereocenters. The van der Waals surface area contributed by atoms with E-state index < -0.39 is 20.6 Å². The predicted octanol–water partition coefficient (Wildman–Crippen LogP) is 2.99. The van der Waals surface area contributed by atoms with Crippen LogP contribution in [0, 0.1) is 0 Å². The second kappa shape index (κ2) is 7.54. The number of halogens is 2. The molecule has 0 spiro atoms. The van der Waals surface area contributed by atoms with Gasteiger partial charge in [0.2, 0.25) is 15.3 Å². The molecule has 25 heavy (non-hydrogen) atoms. The van der Waals surface area contributed by atoms with Crippen molar-refractivity contribution in [2.45, 2.75) is 41.4 Å². The maximum Gasteiger partial charge on any atom is 0.226 e. The van der Waals surface area contributed by atoms with Gasteiger partial charge in [-0.1, -0.05) is 29.8 Å². The number of rotatable bonds is 8. The number of hydrogen-bond acceptors (Lipinski definition) is 6. The largest absolute Gasteiger partial charge is 0.386 e. The van der Waals surface area contributed by atoms with E-state index >= 15 is 0 Å². The van der Waals surface area contributed by atoms with Crippen LogP contribution in [0.25, 0.3) is 0 Å². The lowest BCUT2D eigenvalue weighted by Crippen LogP contribution is -2.47. The molecule has 136 valence electrons. The van der Waals surface area contributed by atoms with Gasteiger partial charge in [-0.2, -0.15) is 5.10 Å². The lowest BCUT2D eigenvalue weighted by molar-refractivity contribution is 0.00527. The Labute approximate surface area is 161 Å². The number of nitrogens with zero attached hydrogens (tertiary/aromatic N) is 3. The van der Waals surface area contributed by atoms with E-state index in [0.717, 1.165) is 16.4 Å². The molecule has 0 bridgehead atoms. The lowest BCUT2D eigenvalue weighted by atomic mass is 9.89. The lowest BCUT2D eigenvalue weighted by Gasteiger charge is -2.33. The van der Waals surface area contributed by atoms with Crippen LogP contribution in [0.1, 0.15) is 18.4 Å². The van der Waals surface area contributed by atoms with Gasteiger partial charge in [-0.25, -0.2) is 13.9 Å². The molecule has 0 aliphatic heterocycles. The molecule has 1 fully saturated rings. The number of hydrogen-bond donors (Lipinski definition) is 1. The first kappa shape index (κ1) is 19.1. The van der Waals surface area contributed by atoms with Gasteiger partial charge >= 0.3 is 0 Å². The van der Waals surface area contributed by atoms with Crippen molar-refractivity contribution in [2.75, 3.05) is 7.11 Å². The van der Waals surface area contributed by atoms with E-state index in [9.17, 15) is 9.32 Å². The Bertz CT molecular complexity index is 785. The average Bonchev–Trinajstić information content (AvgIpc) is 3.21. The molecule has 0 amide bonds. The van der Waals surface area contributed by atoms with Gasteiger partial charge in [0.15, 0.2) is 0 Å². The quantitative estimate of drug-likeness (QED) is 0.521. The molecular formula is C15H17Cl2N3O3S2. The van der Waals surface area contributed by atoms with E-state index in [4.69, 9.17) is 27.4 Å². The van der Waals surface area contributed by atoms with Gasteiger partial charge in [-0.3, -0.25) is 4.18 Å². The van der Waals surface area contributed by atoms with Crippen LogP contribution in [0.3, 0.4) is 0 Å². The molecule has 1 N–H and O–H groups in total. The predicted molar refractivity (Wildman–Crippen MR) is 99.0 cm³/mol. The molecule has 6 nitrogen and oxygen atoms in total. The van der Waals surface area contributed by atoms with Crippen molar-refractivity contribution < 1.29 is 13.5 Å². The van der Waals surface area contributed by atoms with Crippen molar-refractivity contribution >= 4 is 44.1 Å². The fourth-order valence-electron chi connectivity index (χ4n) is 2.66. The fourth-order valence-corrected chi connectivity index (χ4v) is 4.51. The summed E-state index contributed by atoms with van der Waals surface area (Å²) in [5.74, 6) is 0. The molecule has 2 unspecified atom stereocenters. The van der Waals surface area contributed by atoms with Gasteiger partial charge in [0.05, 0.1) is 18.5 Å². The van der Waals surface area contributed by atoms with Crippen molar-refractivity contribution in [3.63, 3.8) is 0 Å². The summed E-state index contributed by atoms with van der Waals surface area (Å²) in [6, 6.07) is 7.36. The summed E-state index contributed by atoms with van der Waals surface area (Å²) in [6.45, 7) is 0.116. The highest BCUT2D eigenvalue weighted by atomic mass is 35.5. The van der Waals surface area contributed by atoms with Crippen molar-refractivity contribution in [1.29, 1.82) is 0 Å². The minimum atomic E-state index is -1.58. The van der Waals surface area contributed by atoms with Gasteiger partial charge in [0.1, 0.15) is 11.9 Å². The molecule has 2 aromatic rings. The molecule has 1 aromatic carbocycles. The first-order valence-electron chi connectivity index (χ1n) is 7.54. The average molecular weight is 422 g/mol. The summed E-state index contributed by atoms with van der Waals surface area (Å²) in [7, 11) is 0.675. The SMILES string of the molecule is COS(=O)Sc1ncnn1CC(O)(Cc1ccccc1Cl)C1(Cl)CC1. The highest BCUT2D eigenvalue weighted by molar-refractivity contribution is 8.67. The first-order valence-corrected chi connectivity index (χ1v) is 10.7. The molecular weight excluding hydrogens is 405 g/mol. The molecule has 0 saturated heterocycles. The zero-order valence-corrected chi connectivity index (χ0v) is 16.5. The number of benzene rings is 1. The van der Waals surface area contributed by atoms with Crippen LogP contribution in [-0.4, -0.2) is 41.7 Å². The van der Waals surface area contributed by atoms with E-state index in [1.807, 2.05) is 18.2 Å². The Balaban J connectivity index is 1.87. The minimum absolute atomic E-state index is 0.116. The Morgan fingerprint density at radius 1 is 1.48 bits per heavy atom. The van der Waals surface area contributed by atoms with E-state index in [2.05, 4.69) is 10.1 Å². The van der Waals surface area contributed by atoms with Crippen LogP contribution < -0.4 is 0 Å². The van der Waals surface area contributed by atoms with Crippen LogP contribution in [0.5, 0.6) is 0 Å². The normalized spacial score (nSPS) is 19.4. The van der Waals surface area contributed by atoms with Crippen LogP contribution in [-0.2, 0) is 27.3 Å². The van der Waals surface area contributed by atoms with Crippen LogP contribution in [0.15, 0.2) is 35.7 Å². The van der Waals surface area contributed by atoms with Gasteiger partial charge in [-0.15, -0.1) is 11.6 Å². The highest BCUT2D eigenvalue weighted by Gasteiger charge is 2.58. The van der Waals surface area contributed by atoms with Crippen LogP contribution in [0.4, 0.5) is 0 Å². The fraction of sp³-hybridized carbons (Fsp3) is 0.467. The second-order valence-electron chi connectivity index (χ2n) is 5.92. The minimum Gasteiger partial charge on any atom is -0.386 e. The van der Waals surface area contributed by atoms with Gasteiger partial charge in [0, 0.05) is 22.2 Å². The Hall–Kier alpha value is -0.640. The van der Waals surface area contributed by atoms with Crippen LogP contribution in [0.2, 0.25) is 5.02 Å². The van der Waals surface area contributed by atoms with Crippen molar-refractivity contribution in [2.24, 2.45) is 0 Å². The van der Waals surface area contributed by atoms with Gasteiger partial charge in [0.25, 0.3) is 0 Å². The van der Waals surface area contributed by atoms with Crippen molar-refractivity contribution in [3.05, 3.63) is 41.2 Å². The summed E-state index contributed by atoms with van der Waals surface area (Å²) in [5, 5.41) is 16.5. The van der Waals surface area contributed by atoms with Crippen molar-refractivity contribution in [3.8, 4) is 0 Å². The van der Waals surface area contributed by atoms with Gasteiger partial charge < -0.3 is 5.11 Å². The number of aromatic nitrogens is 3. The monoisotopic (exact) mass is 421 g/mol. The molecule has 1 aliphatic rings. The molecule has 1 heterocycles. The Morgan fingerprint density at radius 3 is 2.84 bits per heavy atom. The smallest absolute Gasteiger partial charge is 0.226 e. The van der Waals surface area contributed by atoms with E-state index in [0.29, 0.717) is 23.0 Å². The summed E-state index contributed by atoms with van der Waals surface area (Å²) < 4.78 is 17.9. The summed E-state index contributed by atoms with van der Waals surface area (Å²) in [4.78, 5) is 3.34. The zero-order chi connectivity index (χ0) is 18.1. The summed E-state index contributed by atoms with van der Waals surface area (Å²) in [6.07, 6.45) is 3.04. The molecule has 1 aromatic heterocycles. The zero-order valence-electron chi connectivity index (χ0n) is 13.4. The molecule has 3 rings (SSSR count). The molecule has 10 heteroatoms. The van der Waals surface area contributed by atoms with Crippen molar-refractivity contribution in [1.82, 2.24) is 14.8 Å². The summed E-state index contributed by atoms with van der Waals surface area (Å²) >= 11 is 12.9. The third-order valence-corrected chi connectivity index (χ3v) is 7.47. The highest BCUT2D eigenvalue weighted by Crippen LogP contribution is 2.53. The molecule has 1 saturated carbocycles. The van der Waals surface area contributed by atoms with E-state index in [-0.39, 0.29) is 13.0 Å². The van der Waals surface area contributed by atoms with Crippen LogP contribution >= 0.6 is 34.0 Å². The van der Waals surface area contributed by atoms with E-state index in [1.165, 1.54) is 18.1 Å². The Kier molecular flexibility index (Phi) is 5.77. The standard InChI is InChI=1S/C15H17Cl2N3O3S2/c1-23-25(22)24-13-18-10-19-20(13)9-15(21,14(17)6-7-14)8-11-4-2-3-5-12(11)16/h2-5,10,21H,6-9H2,1H3.